The number of halogens is 1. The number of amides is 1. The normalized spacial score (nSPS) is 14.9. The molecule has 0 bridgehead atoms. The summed E-state index contributed by atoms with van der Waals surface area (Å²) < 4.78 is 5.52. The minimum absolute atomic E-state index is 0.0115. The molecule has 0 aromatic heterocycles. The van der Waals surface area contributed by atoms with Gasteiger partial charge in [-0.25, -0.2) is 0 Å². The molecule has 1 aliphatic heterocycles. The van der Waals surface area contributed by atoms with Crippen molar-refractivity contribution in [1.82, 2.24) is 9.80 Å². The van der Waals surface area contributed by atoms with Gasteiger partial charge < -0.3 is 9.64 Å². The number of piperazine rings is 1. The van der Waals surface area contributed by atoms with Crippen LogP contribution in [0.25, 0.3) is 0 Å². The van der Waals surface area contributed by atoms with Crippen molar-refractivity contribution < 1.29 is 14.3 Å². The van der Waals surface area contributed by atoms with Crippen LogP contribution in [0, 0.1) is 0 Å². The van der Waals surface area contributed by atoms with Gasteiger partial charge >= 0.3 is 0 Å². The van der Waals surface area contributed by atoms with Gasteiger partial charge in [-0.15, -0.1) is 0 Å². The van der Waals surface area contributed by atoms with E-state index in [1.165, 1.54) is 5.56 Å². The first-order valence-electron chi connectivity index (χ1n) is 8.56. The molecule has 0 spiro atoms. The Morgan fingerprint density at radius 1 is 1.00 bits per heavy atom. The van der Waals surface area contributed by atoms with Gasteiger partial charge in [0.05, 0.1) is 0 Å². The number of ether oxygens (including phenoxy) is 1. The van der Waals surface area contributed by atoms with E-state index in [1.807, 2.05) is 29.2 Å². The summed E-state index contributed by atoms with van der Waals surface area (Å²) in [6.45, 7) is 3.93. The van der Waals surface area contributed by atoms with E-state index < -0.39 is 0 Å². The molecular weight excluding hydrogens is 352 g/mol. The van der Waals surface area contributed by atoms with Gasteiger partial charge in [0.1, 0.15) is 12.0 Å². The monoisotopic (exact) mass is 372 g/mol. The lowest BCUT2D eigenvalue weighted by Gasteiger charge is -2.34. The van der Waals surface area contributed by atoms with E-state index in [0.717, 1.165) is 30.9 Å². The van der Waals surface area contributed by atoms with Crippen LogP contribution in [0.15, 0.2) is 48.5 Å². The average Bonchev–Trinajstić information content (AvgIpc) is 2.69. The molecule has 1 aliphatic rings. The number of benzene rings is 2. The van der Waals surface area contributed by atoms with Crippen molar-refractivity contribution in [3.63, 3.8) is 0 Å². The second-order valence-electron chi connectivity index (χ2n) is 6.26. The van der Waals surface area contributed by atoms with E-state index in [9.17, 15) is 9.59 Å². The summed E-state index contributed by atoms with van der Waals surface area (Å²) in [5.74, 6) is 0.570. The van der Waals surface area contributed by atoms with Crippen LogP contribution >= 0.6 is 11.6 Å². The molecule has 0 radical (unpaired) electrons. The Kier molecular flexibility index (Phi) is 6.26. The fourth-order valence-electron chi connectivity index (χ4n) is 2.88. The van der Waals surface area contributed by atoms with Crippen molar-refractivity contribution in [2.45, 2.75) is 6.54 Å². The van der Waals surface area contributed by atoms with Gasteiger partial charge in [-0.1, -0.05) is 23.7 Å². The minimum atomic E-state index is -0.0180. The Morgan fingerprint density at radius 2 is 1.65 bits per heavy atom. The minimum Gasteiger partial charge on any atom is -0.484 e. The van der Waals surface area contributed by atoms with Crippen molar-refractivity contribution in [3.05, 3.63) is 64.7 Å². The number of aldehydes is 1. The molecule has 0 N–H and O–H groups in total. The topological polar surface area (TPSA) is 49.9 Å². The first-order chi connectivity index (χ1) is 12.6. The van der Waals surface area contributed by atoms with Crippen LogP contribution in [0.2, 0.25) is 5.02 Å². The van der Waals surface area contributed by atoms with Gasteiger partial charge in [-0.05, 0) is 42.0 Å². The maximum Gasteiger partial charge on any atom is 0.260 e. The Bertz CT molecular complexity index is 739. The summed E-state index contributed by atoms with van der Waals surface area (Å²) in [5, 5.41) is 0.741. The van der Waals surface area contributed by atoms with Crippen LogP contribution in [-0.4, -0.2) is 54.8 Å². The highest BCUT2D eigenvalue weighted by Gasteiger charge is 2.21. The Balaban J connectivity index is 1.42. The lowest BCUT2D eigenvalue weighted by atomic mass is 10.2. The van der Waals surface area contributed by atoms with Crippen LogP contribution in [0.5, 0.6) is 5.75 Å². The maximum atomic E-state index is 12.3. The van der Waals surface area contributed by atoms with E-state index in [4.69, 9.17) is 16.3 Å². The molecule has 136 valence electrons. The smallest absolute Gasteiger partial charge is 0.260 e. The third-order valence-electron chi connectivity index (χ3n) is 4.42. The molecule has 5 nitrogen and oxygen atoms in total. The highest BCUT2D eigenvalue weighted by Crippen LogP contribution is 2.14. The standard InChI is InChI=1S/C20H21ClN2O3/c21-18-5-1-16(2-6-18)13-22-9-11-23(12-10-22)20(25)15-26-19-7-3-17(14-24)4-8-19/h1-8,14H,9-13,15H2. The highest BCUT2D eigenvalue weighted by atomic mass is 35.5. The summed E-state index contributed by atoms with van der Waals surface area (Å²) in [5.41, 5.74) is 1.80. The molecule has 1 saturated heterocycles. The van der Waals surface area contributed by atoms with E-state index >= 15 is 0 Å². The van der Waals surface area contributed by atoms with Crippen molar-refractivity contribution in [1.29, 1.82) is 0 Å². The van der Waals surface area contributed by atoms with Gasteiger partial charge in [-0.3, -0.25) is 14.5 Å². The summed E-state index contributed by atoms with van der Waals surface area (Å²) in [6.07, 6.45) is 0.776. The van der Waals surface area contributed by atoms with Crippen molar-refractivity contribution >= 4 is 23.8 Å². The molecule has 3 rings (SSSR count). The summed E-state index contributed by atoms with van der Waals surface area (Å²) in [7, 11) is 0. The maximum absolute atomic E-state index is 12.3. The molecule has 2 aromatic rings. The van der Waals surface area contributed by atoms with E-state index in [0.29, 0.717) is 24.4 Å². The van der Waals surface area contributed by atoms with Crippen molar-refractivity contribution in [2.24, 2.45) is 0 Å². The summed E-state index contributed by atoms with van der Waals surface area (Å²) >= 11 is 5.91. The second-order valence-corrected chi connectivity index (χ2v) is 6.70. The third kappa shape index (κ3) is 5.07. The third-order valence-corrected chi connectivity index (χ3v) is 4.67. The number of hydrogen-bond donors (Lipinski definition) is 0. The summed E-state index contributed by atoms with van der Waals surface area (Å²) in [6, 6.07) is 14.6. The Labute approximate surface area is 158 Å². The number of carbonyl (C=O) groups excluding carboxylic acids is 2. The number of rotatable bonds is 6. The predicted octanol–water partition coefficient (Wildman–Crippen LogP) is 2.88. The first-order valence-corrected chi connectivity index (χ1v) is 8.94. The number of carbonyl (C=O) groups is 2. The zero-order chi connectivity index (χ0) is 18.4. The largest absolute Gasteiger partial charge is 0.484 e. The molecular formula is C20H21ClN2O3. The number of hydrogen-bond acceptors (Lipinski definition) is 4. The molecule has 2 aromatic carbocycles. The molecule has 0 aliphatic carbocycles. The molecule has 1 fully saturated rings. The van der Waals surface area contributed by atoms with Gasteiger partial charge in [0.15, 0.2) is 6.61 Å². The van der Waals surface area contributed by atoms with E-state index in [-0.39, 0.29) is 12.5 Å². The zero-order valence-electron chi connectivity index (χ0n) is 14.4. The summed E-state index contributed by atoms with van der Waals surface area (Å²) in [4.78, 5) is 27.1. The van der Waals surface area contributed by atoms with E-state index in [1.54, 1.807) is 24.3 Å². The van der Waals surface area contributed by atoms with Crippen LogP contribution < -0.4 is 4.74 Å². The highest BCUT2D eigenvalue weighted by molar-refractivity contribution is 6.30. The van der Waals surface area contributed by atoms with Gasteiger partial charge in [0, 0.05) is 43.3 Å². The Hall–Kier alpha value is -2.37. The average molecular weight is 373 g/mol. The lowest BCUT2D eigenvalue weighted by Crippen LogP contribution is -2.49. The quantitative estimate of drug-likeness (QED) is 0.732. The van der Waals surface area contributed by atoms with Crippen LogP contribution in [0.3, 0.4) is 0 Å². The second kappa shape index (κ2) is 8.83. The molecule has 0 unspecified atom stereocenters. The van der Waals surface area contributed by atoms with Crippen molar-refractivity contribution in [2.75, 3.05) is 32.8 Å². The first kappa shape index (κ1) is 18.4. The van der Waals surface area contributed by atoms with Gasteiger partial charge in [0.25, 0.3) is 5.91 Å². The van der Waals surface area contributed by atoms with Crippen LogP contribution in [0.1, 0.15) is 15.9 Å². The molecule has 0 atom stereocenters. The van der Waals surface area contributed by atoms with Crippen LogP contribution in [-0.2, 0) is 11.3 Å². The fraction of sp³-hybridized carbons (Fsp3) is 0.300. The zero-order valence-corrected chi connectivity index (χ0v) is 15.2. The van der Waals surface area contributed by atoms with Gasteiger partial charge in [0.2, 0.25) is 0 Å². The van der Waals surface area contributed by atoms with Crippen LogP contribution in [0.4, 0.5) is 0 Å². The fourth-order valence-corrected chi connectivity index (χ4v) is 3.01. The SMILES string of the molecule is O=Cc1ccc(OCC(=O)N2CCN(Cc3ccc(Cl)cc3)CC2)cc1. The lowest BCUT2D eigenvalue weighted by molar-refractivity contribution is -0.135. The molecule has 1 heterocycles. The van der Waals surface area contributed by atoms with Crippen molar-refractivity contribution in [3.8, 4) is 5.75 Å². The molecule has 0 saturated carbocycles. The molecule has 6 heteroatoms. The predicted molar refractivity (Wildman–Crippen MR) is 101 cm³/mol. The Morgan fingerprint density at radius 3 is 2.27 bits per heavy atom. The van der Waals surface area contributed by atoms with E-state index in [2.05, 4.69) is 4.90 Å². The molecule has 26 heavy (non-hydrogen) atoms. The molecule has 1 amide bonds. The number of nitrogens with zero attached hydrogens (tertiary/aromatic N) is 2. The van der Waals surface area contributed by atoms with Gasteiger partial charge in [-0.2, -0.15) is 0 Å².